The number of hydrogen-bond donors (Lipinski definition) is 1. The minimum Gasteiger partial charge on any atom is -0.380 e. The minimum absolute atomic E-state index is 0.00619. The summed E-state index contributed by atoms with van der Waals surface area (Å²) in [7, 11) is 2.41. The summed E-state index contributed by atoms with van der Waals surface area (Å²) in [5.41, 5.74) is -4.49. The highest BCUT2D eigenvalue weighted by Gasteiger charge is 2.51. The molecule has 2 aliphatic heterocycles. The van der Waals surface area contributed by atoms with E-state index in [9.17, 15) is 50.2 Å². The van der Waals surface area contributed by atoms with Gasteiger partial charge in [-0.25, -0.2) is 9.18 Å². The summed E-state index contributed by atoms with van der Waals surface area (Å²) in [4.78, 5) is 44.7. The van der Waals surface area contributed by atoms with Gasteiger partial charge in [-0.05, 0) is 61.6 Å². The molecule has 1 saturated carbocycles. The van der Waals surface area contributed by atoms with E-state index in [1.165, 1.54) is 36.2 Å². The van der Waals surface area contributed by atoms with Gasteiger partial charge in [-0.15, -0.1) is 0 Å². The second-order valence-corrected chi connectivity index (χ2v) is 12.3. The molecule has 3 aliphatic rings. The van der Waals surface area contributed by atoms with Crippen LogP contribution in [0.2, 0.25) is 0 Å². The molecule has 46 heavy (non-hydrogen) atoms. The summed E-state index contributed by atoms with van der Waals surface area (Å²) in [5.74, 6) is -2.08. The van der Waals surface area contributed by atoms with Gasteiger partial charge in [-0.2, -0.15) is 26.3 Å². The number of likely N-dealkylation sites (tertiary alicyclic amines) is 2. The molecule has 4 amide bonds. The summed E-state index contributed by atoms with van der Waals surface area (Å²) in [5, 5.41) is 10.2. The number of carbonyl (C=O) groups excluding carboxylic acids is 3. The van der Waals surface area contributed by atoms with Crippen molar-refractivity contribution in [3.63, 3.8) is 0 Å². The summed E-state index contributed by atoms with van der Waals surface area (Å²) in [6, 6.07) is 4.65. The Kier molecular flexibility index (Phi) is 8.77. The number of anilines is 1. The van der Waals surface area contributed by atoms with Crippen molar-refractivity contribution in [1.82, 2.24) is 14.7 Å². The number of alkyl halides is 6. The smallest absolute Gasteiger partial charge is 0.380 e. The van der Waals surface area contributed by atoms with Gasteiger partial charge in [0.25, 0.3) is 5.91 Å². The van der Waals surface area contributed by atoms with Crippen molar-refractivity contribution >= 4 is 23.5 Å². The molecule has 2 atom stereocenters. The SMILES string of the molecule is CN(C(=O)N(C)[C@H]1CN(C(=O)C2CCN(C(=O)C3(O)CC3)CC2)C[C@H]1c1ccc(F)cc1)c1cc(C(F)(F)F)cc(C(F)(F)F)c1. The number of halogens is 7. The number of carbonyl (C=O) groups is 3. The molecule has 2 saturated heterocycles. The second-order valence-electron chi connectivity index (χ2n) is 12.3. The van der Waals surface area contributed by atoms with E-state index < -0.39 is 64.5 Å². The Hall–Kier alpha value is -3.88. The first-order chi connectivity index (χ1) is 21.4. The molecule has 250 valence electrons. The fraction of sp³-hybridized carbons (Fsp3) is 0.516. The molecule has 0 bridgehead atoms. The molecule has 3 fully saturated rings. The molecule has 2 aromatic carbocycles. The van der Waals surface area contributed by atoms with Crippen molar-refractivity contribution in [1.29, 1.82) is 0 Å². The Bertz CT molecular complexity index is 1450. The Morgan fingerprint density at radius 2 is 1.39 bits per heavy atom. The number of piperidine rings is 1. The van der Waals surface area contributed by atoms with Crippen molar-refractivity contribution in [2.75, 3.05) is 45.2 Å². The van der Waals surface area contributed by atoms with Crippen LogP contribution in [-0.4, -0.2) is 89.6 Å². The van der Waals surface area contributed by atoms with Crippen molar-refractivity contribution in [3.05, 3.63) is 65.0 Å². The van der Waals surface area contributed by atoms with Crippen LogP contribution in [0.5, 0.6) is 0 Å². The molecule has 2 aromatic rings. The molecular formula is C31H33F7N4O4. The summed E-state index contributed by atoms with van der Waals surface area (Å²) >= 11 is 0. The van der Waals surface area contributed by atoms with E-state index in [4.69, 9.17) is 0 Å². The van der Waals surface area contributed by atoms with Crippen molar-refractivity contribution in [2.45, 2.75) is 55.6 Å². The fourth-order valence-electron chi connectivity index (χ4n) is 6.23. The topological polar surface area (TPSA) is 84.4 Å². The first kappa shape index (κ1) is 33.5. The Balaban J connectivity index is 1.36. The van der Waals surface area contributed by atoms with Crippen LogP contribution in [-0.2, 0) is 21.9 Å². The van der Waals surface area contributed by atoms with Crippen molar-refractivity contribution in [2.24, 2.45) is 5.92 Å². The van der Waals surface area contributed by atoms with Gasteiger partial charge in [0.15, 0.2) is 0 Å². The first-order valence-electron chi connectivity index (χ1n) is 14.7. The van der Waals surface area contributed by atoms with Crippen LogP contribution in [0.3, 0.4) is 0 Å². The van der Waals surface area contributed by atoms with Crippen LogP contribution >= 0.6 is 0 Å². The van der Waals surface area contributed by atoms with E-state index in [2.05, 4.69) is 0 Å². The third kappa shape index (κ3) is 6.79. The molecule has 0 unspecified atom stereocenters. The van der Waals surface area contributed by atoms with Crippen LogP contribution in [0.1, 0.15) is 48.3 Å². The van der Waals surface area contributed by atoms with Crippen LogP contribution < -0.4 is 4.90 Å². The molecule has 15 heteroatoms. The number of urea groups is 1. The van der Waals surface area contributed by atoms with E-state index in [1.807, 2.05) is 0 Å². The van der Waals surface area contributed by atoms with Gasteiger partial charge in [0.2, 0.25) is 5.91 Å². The lowest BCUT2D eigenvalue weighted by Gasteiger charge is -2.34. The fourth-order valence-corrected chi connectivity index (χ4v) is 6.23. The average molecular weight is 659 g/mol. The summed E-state index contributed by atoms with van der Waals surface area (Å²) < 4.78 is 94.7. The average Bonchev–Trinajstić information content (AvgIpc) is 3.61. The second kappa shape index (κ2) is 12.0. The maximum Gasteiger partial charge on any atom is 0.416 e. The Morgan fingerprint density at radius 1 is 0.848 bits per heavy atom. The molecule has 0 spiro atoms. The lowest BCUT2D eigenvalue weighted by Crippen LogP contribution is -2.49. The van der Waals surface area contributed by atoms with Gasteiger partial charge in [-0.3, -0.25) is 14.5 Å². The van der Waals surface area contributed by atoms with E-state index in [0.717, 1.165) is 7.05 Å². The van der Waals surface area contributed by atoms with Crippen LogP contribution in [0.15, 0.2) is 42.5 Å². The summed E-state index contributed by atoms with van der Waals surface area (Å²) in [6.45, 7) is 0.704. The van der Waals surface area contributed by atoms with Crippen LogP contribution in [0, 0.1) is 11.7 Å². The zero-order valence-corrected chi connectivity index (χ0v) is 25.0. The Labute approximate surface area is 260 Å². The third-order valence-electron chi connectivity index (χ3n) is 9.20. The van der Waals surface area contributed by atoms with Crippen LogP contribution in [0.4, 0.5) is 41.2 Å². The van der Waals surface area contributed by atoms with E-state index in [0.29, 0.717) is 48.3 Å². The zero-order chi connectivity index (χ0) is 33.8. The highest BCUT2D eigenvalue weighted by Crippen LogP contribution is 2.40. The van der Waals surface area contributed by atoms with Crippen LogP contribution in [0.25, 0.3) is 0 Å². The third-order valence-corrected chi connectivity index (χ3v) is 9.20. The molecule has 1 N–H and O–H groups in total. The molecule has 2 heterocycles. The highest BCUT2D eigenvalue weighted by atomic mass is 19.4. The minimum atomic E-state index is -5.10. The monoisotopic (exact) mass is 658 g/mol. The standard InChI is InChI=1S/C31H33F7N4O4/c1-39(23-14-20(30(33,34)35)13-21(15-23)31(36,37)38)28(45)40(2)25-17-42(16-24(25)18-3-5-22(32)6-4-18)26(43)19-7-11-41(12-8-19)27(44)29(46)9-10-29/h3-6,13-15,19,24-25,46H,7-12,16-17H2,1-2H3/t24-,25-/m0/s1. The number of hydrogen-bond acceptors (Lipinski definition) is 4. The van der Waals surface area contributed by atoms with Gasteiger partial charge in [-0.1, -0.05) is 12.1 Å². The lowest BCUT2D eigenvalue weighted by atomic mass is 9.93. The van der Waals surface area contributed by atoms with E-state index in [-0.39, 0.29) is 44.1 Å². The predicted molar refractivity (Wildman–Crippen MR) is 151 cm³/mol. The van der Waals surface area contributed by atoms with Gasteiger partial charge in [0.05, 0.1) is 17.2 Å². The normalized spacial score (nSPS) is 21.7. The van der Waals surface area contributed by atoms with Crippen molar-refractivity contribution < 1.29 is 50.2 Å². The lowest BCUT2D eigenvalue weighted by molar-refractivity contribution is -0.146. The zero-order valence-electron chi connectivity index (χ0n) is 25.0. The maximum absolute atomic E-state index is 13.8. The Morgan fingerprint density at radius 3 is 1.89 bits per heavy atom. The quantitative estimate of drug-likeness (QED) is 0.453. The number of nitrogens with zero attached hydrogens (tertiary/aromatic N) is 4. The number of likely N-dealkylation sites (N-methyl/N-ethyl adjacent to an activating group) is 1. The number of aliphatic hydroxyl groups is 1. The number of amides is 4. The largest absolute Gasteiger partial charge is 0.416 e. The highest BCUT2D eigenvalue weighted by molar-refractivity contribution is 5.92. The molecule has 0 radical (unpaired) electrons. The summed E-state index contributed by atoms with van der Waals surface area (Å²) in [6.07, 6.45) is -8.68. The molecule has 8 nitrogen and oxygen atoms in total. The molecule has 5 rings (SSSR count). The van der Waals surface area contributed by atoms with Gasteiger partial charge < -0.3 is 19.8 Å². The maximum atomic E-state index is 13.8. The van der Waals surface area contributed by atoms with E-state index in [1.54, 1.807) is 9.80 Å². The van der Waals surface area contributed by atoms with Gasteiger partial charge in [0, 0.05) is 57.8 Å². The molecule has 1 aliphatic carbocycles. The molecule has 0 aromatic heterocycles. The molecular weight excluding hydrogens is 625 g/mol. The first-order valence-corrected chi connectivity index (χ1v) is 14.7. The predicted octanol–water partition coefficient (Wildman–Crippen LogP) is 5.11. The number of rotatable bonds is 5. The van der Waals surface area contributed by atoms with E-state index >= 15 is 0 Å². The van der Waals surface area contributed by atoms with Gasteiger partial charge in [0.1, 0.15) is 11.4 Å². The number of benzene rings is 2. The van der Waals surface area contributed by atoms with Gasteiger partial charge >= 0.3 is 18.4 Å². The van der Waals surface area contributed by atoms with Crippen molar-refractivity contribution in [3.8, 4) is 0 Å².